The topological polar surface area (TPSA) is 40.5 Å². The second-order valence-corrected chi connectivity index (χ2v) is 10.1. The Morgan fingerprint density at radius 1 is 0.737 bits per heavy atom. The van der Waals surface area contributed by atoms with Crippen LogP contribution in [0.15, 0.2) is 36.4 Å². The van der Waals surface area contributed by atoms with Gasteiger partial charge in [-0.3, -0.25) is 0 Å². The molecule has 2 nitrogen and oxygen atoms in total. The van der Waals surface area contributed by atoms with Crippen LogP contribution in [0.4, 0.5) is 26.3 Å². The van der Waals surface area contributed by atoms with Crippen LogP contribution in [-0.4, -0.2) is 10.2 Å². The van der Waals surface area contributed by atoms with Crippen LogP contribution in [-0.2, 0) is 6.42 Å². The number of benzene rings is 3. The van der Waals surface area contributed by atoms with Crippen LogP contribution in [0, 0.1) is 40.8 Å². The maximum Gasteiger partial charge on any atom is 0.200 e. The van der Waals surface area contributed by atoms with E-state index in [9.17, 15) is 36.6 Å². The first-order valence-corrected chi connectivity index (χ1v) is 12.9. The standard InChI is InChI=1S/C30H30F6O2/c1-2-3-23(37)22-13-12-19(26(32)29(22)35)17-7-4-16(5-8-17)6-9-18-10-11-20(27(33)25(18)31)21-14-15-24(38)30(36)28(21)34/h10-17,23,37-38H,2-9H2,1H3. The fraction of sp³-hybridized carbons (Fsp3) is 0.400. The molecule has 4 rings (SSSR count). The minimum Gasteiger partial charge on any atom is -0.505 e. The zero-order chi connectivity index (χ0) is 27.6. The number of phenols is 1. The van der Waals surface area contributed by atoms with E-state index in [-0.39, 0.29) is 29.4 Å². The Kier molecular flexibility index (Phi) is 8.71. The maximum atomic E-state index is 14.8. The first-order valence-electron chi connectivity index (χ1n) is 12.9. The minimum atomic E-state index is -1.53. The number of aryl methyl sites for hydroxylation is 1. The van der Waals surface area contributed by atoms with Crippen molar-refractivity contribution in [1.82, 2.24) is 0 Å². The summed E-state index contributed by atoms with van der Waals surface area (Å²) < 4.78 is 86.8. The van der Waals surface area contributed by atoms with Gasteiger partial charge in [-0.2, -0.15) is 4.39 Å². The highest BCUT2D eigenvalue weighted by molar-refractivity contribution is 5.66. The van der Waals surface area contributed by atoms with E-state index in [1.807, 2.05) is 6.92 Å². The SMILES string of the molecule is CCCC(O)c1ccc(C2CCC(CCc3ccc(-c4ccc(O)c(F)c4F)c(F)c3F)CC2)c(F)c1F. The number of rotatable bonds is 8. The summed E-state index contributed by atoms with van der Waals surface area (Å²) in [6.07, 6.45) is 3.42. The van der Waals surface area contributed by atoms with Gasteiger partial charge >= 0.3 is 0 Å². The Bertz CT molecular complexity index is 1300. The summed E-state index contributed by atoms with van der Waals surface area (Å²) in [5.41, 5.74) is -0.540. The Morgan fingerprint density at radius 3 is 2.03 bits per heavy atom. The molecule has 1 saturated carbocycles. The molecule has 204 valence electrons. The van der Waals surface area contributed by atoms with E-state index in [0.29, 0.717) is 50.5 Å². The van der Waals surface area contributed by atoms with Crippen LogP contribution < -0.4 is 0 Å². The molecule has 1 atom stereocenters. The van der Waals surface area contributed by atoms with Crippen LogP contribution in [0.1, 0.15) is 80.6 Å². The summed E-state index contributed by atoms with van der Waals surface area (Å²) in [5, 5.41) is 19.3. The zero-order valence-corrected chi connectivity index (χ0v) is 21.0. The third kappa shape index (κ3) is 5.55. The number of hydrogen-bond acceptors (Lipinski definition) is 2. The van der Waals surface area contributed by atoms with Gasteiger partial charge in [-0.05, 0) is 80.0 Å². The van der Waals surface area contributed by atoms with Crippen LogP contribution in [0.3, 0.4) is 0 Å². The van der Waals surface area contributed by atoms with E-state index in [1.165, 1.54) is 18.2 Å². The molecule has 0 aromatic heterocycles. The summed E-state index contributed by atoms with van der Waals surface area (Å²) in [5.74, 6) is -8.22. The van der Waals surface area contributed by atoms with Crippen molar-refractivity contribution in [2.75, 3.05) is 0 Å². The van der Waals surface area contributed by atoms with Crippen molar-refractivity contribution < 1.29 is 36.6 Å². The lowest BCUT2D eigenvalue weighted by Gasteiger charge is -2.29. The summed E-state index contributed by atoms with van der Waals surface area (Å²) in [6.45, 7) is 1.85. The van der Waals surface area contributed by atoms with Crippen molar-refractivity contribution in [3.63, 3.8) is 0 Å². The molecule has 0 amide bonds. The molecule has 8 heteroatoms. The molecule has 3 aromatic carbocycles. The fourth-order valence-corrected chi connectivity index (χ4v) is 5.44. The van der Waals surface area contributed by atoms with E-state index in [4.69, 9.17) is 0 Å². The Morgan fingerprint density at radius 2 is 1.37 bits per heavy atom. The Hall–Kier alpha value is -3.00. The van der Waals surface area contributed by atoms with Gasteiger partial charge in [-0.1, -0.05) is 37.6 Å². The lowest BCUT2D eigenvalue weighted by Crippen LogP contribution is -2.16. The number of aromatic hydroxyl groups is 1. The molecule has 0 bridgehead atoms. The largest absolute Gasteiger partial charge is 0.505 e. The van der Waals surface area contributed by atoms with Gasteiger partial charge in [0, 0.05) is 16.7 Å². The monoisotopic (exact) mass is 536 g/mol. The molecule has 3 aromatic rings. The van der Waals surface area contributed by atoms with Gasteiger partial charge < -0.3 is 10.2 Å². The molecule has 0 heterocycles. The molecule has 0 radical (unpaired) electrons. The molecule has 0 aliphatic heterocycles. The second kappa shape index (κ2) is 11.8. The van der Waals surface area contributed by atoms with E-state index >= 15 is 0 Å². The highest BCUT2D eigenvalue weighted by Crippen LogP contribution is 2.40. The molecule has 38 heavy (non-hydrogen) atoms. The van der Waals surface area contributed by atoms with Gasteiger partial charge in [0.05, 0.1) is 6.10 Å². The summed E-state index contributed by atoms with van der Waals surface area (Å²) >= 11 is 0. The van der Waals surface area contributed by atoms with Crippen molar-refractivity contribution in [3.05, 3.63) is 88.0 Å². The van der Waals surface area contributed by atoms with E-state index in [1.54, 1.807) is 6.07 Å². The van der Waals surface area contributed by atoms with Crippen molar-refractivity contribution in [1.29, 1.82) is 0 Å². The second-order valence-electron chi connectivity index (χ2n) is 10.1. The third-order valence-corrected chi connectivity index (χ3v) is 7.69. The first kappa shape index (κ1) is 28.0. The lowest BCUT2D eigenvalue weighted by molar-refractivity contribution is 0.160. The van der Waals surface area contributed by atoms with Crippen molar-refractivity contribution >= 4 is 0 Å². The van der Waals surface area contributed by atoms with Crippen molar-refractivity contribution in [2.45, 2.75) is 70.3 Å². The molecular weight excluding hydrogens is 506 g/mol. The first-order chi connectivity index (χ1) is 18.1. The molecule has 1 unspecified atom stereocenters. The maximum absolute atomic E-state index is 14.8. The smallest absolute Gasteiger partial charge is 0.200 e. The van der Waals surface area contributed by atoms with Gasteiger partial charge in [0.15, 0.2) is 34.8 Å². The third-order valence-electron chi connectivity index (χ3n) is 7.69. The van der Waals surface area contributed by atoms with Crippen molar-refractivity contribution in [2.24, 2.45) is 5.92 Å². The molecule has 1 aliphatic rings. The quantitative estimate of drug-likeness (QED) is 0.283. The predicted molar refractivity (Wildman–Crippen MR) is 133 cm³/mol. The predicted octanol–water partition coefficient (Wildman–Crippen LogP) is 8.63. The number of hydrogen-bond donors (Lipinski definition) is 2. The Balaban J connectivity index is 1.39. The van der Waals surface area contributed by atoms with Gasteiger partial charge in [0.1, 0.15) is 0 Å². The van der Waals surface area contributed by atoms with Gasteiger partial charge in [-0.25, -0.2) is 22.0 Å². The number of aliphatic hydroxyl groups is 1. The summed E-state index contributed by atoms with van der Waals surface area (Å²) in [7, 11) is 0. The highest BCUT2D eigenvalue weighted by atomic mass is 19.2. The van der Waals surface area contributed by atoms with Gasteiger partial charge in [0.2, 0.25) is 5.82 Å². The highest BCUT2D eigenvalue weighted by Gasteiger charge is 2.28. The number of halogens is 6. The van der Waals surface area contributed by atoms with Crippen LogP contribution >= 0.6 is 0 Å². The minimum absolute atomic E-state index is 0.0275. The van der Waals surface area contributed by atoms with E-state index in [0.717, 1.165) is 12.1 Å². The van der Waals surface area contributed by atoms with Gasteiger partial charge in [-0.15, -0.1) is 0 Å². The molecule has 0 saturated heterocycles. The zero-order valence-electron chi connectivity index (χ0n) is 21.0. The molecule has 2 N–H and O–H groups in total. The number of phenolic OH excluding ortho intramolecular Hbond substituents is 1. The van der Waals surface area contributed by atoms with Gasteiger partial charge in [0.25, 0.3) is 0 Å². The lowest BCUT2D eigenvalue weighted by atomic mass is 9.76. The number of aliphatic hydroxyl groups excluding tert-OH is 1. The fourth-order valence-electron chi connectivity index (χ4n) is 5.44. The van der Waals surface area contributed by atoms with Crippen molar-refractivity contribution in [3.8, 4) is 16.9 Å². The molecule has 0 spiro atoms. The van der Waals surface area contributed by atoms with Crippen LogP contribution in [0.2, 0.25) is 0 Å². The Labute approximate surface area is 218 Å². The van der Waals surface area contributed by atoms with E-state index in [2.05, 4.69) is 0 Å². The summed E-state index contributed by atoms with van der Waals surface area (Å²) in [4.78, 5) is 0. The van der Waals surface area contributed by atoms with Crippen LogP contribution in [0.25, 0.3) is 11.1 Å². The average molecular weight is 537 g/mol. The molecule has 1 fully saturated rings. The van der Waals surface area contributed by atoms with E-state index < -0.39 is 57.9 Å². The van der Waals surface area contributed by atoms with Crippen LogP contribution in [0.5, 0.6) is 5.75 Å². The average Bonchev–Trinajstić information content (AvgIpc) is 2.91. The molecule has 1 aliphatic carbocycles. The molecular formula is C30H30F6O2. The normalized spacial score (nSPS) is 18.5. The summed E-state index contributed by atoms with van der Waals surface area (Å²) in [6, 6.07) is 7.41.